The van der Waals surface area contributed by atoms with Crippen LogP contribution in [-0.2, 0) is 0 Å². The first kappa shape index (κ1) is 7.85. The number of hydrogen-bond donors (Lipinski definition) is 2. The third-order valence-electron chi connectivity index (χ3n) is 1.85. The van der Waals surface area contributed by atoms with Crippen molar-refractivity contribution < 1.29 is 0 Å². The first-order valence-electron chi connectivity index (χ1n) is 3.58. The van der Waals surface area contributed by atoms with Crippen LogP contribution in [0.5, 0.6) is 0 Å². The molecule has 0 saturated carbocycles. The number of pyridine rings is 1. The molecule has 0 atom stereocenters. The van der Waals surface area contributed by atoms with E-state index in [-0.39, 0.29) is 0 Å². The SMILES string of the molecule is Cc1nc2[nH]cc(I)c2cc1N. The largest absolute Gasteiger partial charge is 0.397 e. The van der Waals surface area contributed by atoms with Crippen molar-refractivity contribution >= 4 is 39.3 Å². The molecule has 0 aromatic carbocycles. The Morgan fingerprint density at radius 2 is 2.33 bits per heavy atom. The second kappa shape index (κ2) is 2.62. The number of anilines is 1. The molecule has 2 aromatic heterocycles. The van der Waals surface area contributed by atoms with Gasteiger partial charge in [-0.1, -0.05) is 0 Å². The summed E-state index contributed by atoms with van der Waals surface area (Å²) in [6.45, 7) is 1.91. The monoisotopic (exact) mass is 273 g/mol. The summed E-state index contributed by atoms with van der Waals surface area (Å²) >= 11 is 2.25. The minimum atomic E-state index is 0.750. The number of aryl methyl sites for hydroxylation is 1. The first-order valence-corrected chi connectivity index (χ1v) is 4.66. The van der Waals surface area contributed by atoms with Crippen molar-refractivity contribution in [3.05, 3.63) is 21.5 Å². The predicted octanol–water partition coefficient (Wildman–Crippen LogP) is 2.06. The highest BCUT2D eigenvalue weighted by Gasteiger charge is 2.04. The highest BCUT2D eigenvalue weighted by Crippen LogP contribution is 2.21. The molecule has 2 rings (SSSR count). The molecule has 0 aliphatic rings. The summed E-state index contributed by atoms with van der Waals surface area (Å²) in [5.41, 5.74) is 8.27. The first-order chi connectivity index (χ1) is 5.68. The van der Waals surface area contributed by atoms with Crippen LogP contribution in [-0.4, -0.2) is 9.97 Å². The van der Waals surface area contributed by atoms with E-state index < -0.39 is 0 Å². The molecule has 0 aliphatic heterocycles. The quantitative estimate of drug-likeness (QED) is 0.722. The smallest absolute Gasteiger partial charge is 0.138 e. The molecule has 12 heavy (non-hydrogen) atoms. The molecule has 2 heterocycles. The van der Waals surface area contributed by atoms with Crippen LogP contribution in [0.2, 0.25) is 0 Å². The van der Waals surface area contributed by atoms with Gasteiger partial charge in [0.05, 0.1) is 11.4 Å². The molecular formula is C8H8IN3. The number of H-pyrrole nitrogens is 1. The van der Waals surface area contributed by atoms with E-state index >= 15 is 0 Å². The number of aromatic nitrogens is 2. The van der Waals surface area contributed by atoms with Gasteiger partial charge in [0, 0.05) is 15.2 Å². The average molecular weight is 273 g/mol. The van der Waals surface area contributed by atoms with Crippen LogP contribution in [0.25, 0.3) is 11.0 Å². The molecule has 3 nitrogen and oxygen atoms in total. The molecule has 0 amide bonds. The van der Waals surface area contributed by atoms with Crippen molar-refractivity contribution in [3.8, 4) is 0 Å². The van der Waals surface area contributed by atoms with Crippen molar-refractivity contribution in [2.45, 2.75) is 6.92 Å². The zero-order chi connectivity index (χ0) is 8.72. The number of nitrogens with two attached hydrogens (primary N) is 1. The highest BCUT2D eigenvalue weighted by molar-refractivity contribution is 14.1. The number of rotatable bonds is 0. The predicted molar refractivity (Wildman–Crippen MR) is 58.0 cm³/mol. The fourth-order valence-electron chi connectivity index (χ4n) is 1.12. The van der Waals surface area contributed by atoms with E-state index in [9.17, 15) is 0 Å². The van der Waals surface area contributed by atoms with Gasteiger partial charge in [0.1, 0.15) is 5.65 Å². The summed E-state index contributed by atoms with van der Waals surface area (Å²) in [4.78, 5) is 7.39. The van der Waals surface area contributed by atoms with Gasteiger partial charge >= 0.3 is 0 Å². The Labute approximate surface area is 83.5 Å². The molecule has 0 radical (unpaired) electrons. The van der Waals surface area contributed by atoms with Gasteiger partial charge in [-0.2, -0.15) is 0 Å². The summed E-state index contributed by atoms with van der Waals surface area (Å²) in [5.74, 6) is 0. The Balaban J connectivity index is 2.87. The van der Waals surface area contributed by atoms with E-state index in [4.69, 9.17) is 5.73 Å². The zero-order valence-corrected chi connectivity index (χ0v) is 8.71. The number of fused-ring (bicyclic) bond motifs is 1. The van der Waals surface area contributed by atoms with E-state index in [1.165, 1.54) is 0 Å². The Bertz CT molecular complexity index is 433. The minimum Gasteiger partial charge on any atom is -0.397 e. The standard InChI is InChI=1S/C8H8IN3/c1-4-7(10)2-5-6(9)3-11-8(5)12-4/h2-3H,10H2,1H3,(H,11,12). The molecule has 2 aromatic rings. The summed E-state index contributed by atoms with van der Waals surface area (Å²) in [5, 5.41) is 1.10. The van der Waals surface area contributed by atoms with Crippen molar-refractivity contribution in [2.75, 3.05) is 5.73 Å². The summed E-state index contributed by atoms with van der Waals surface area (Å²) in [6.07, 6.45) is 1.93. The van der Waals surface area contributed by atoms with Crippen LogP contribution in [0.1, 0.15) is 5.69 Å². The van der Waals surface area contributed by atoms with E-state index in [1.54, 1.807) is 0 Å². The van der Waals surface area contributed by atoms with Crippen LogP contribution in [0, 0.1) is 10.5 Å². The number of nitrogens with zero attached hydrogens (tertiary/aromatic N) is 1. The van der Waals surface area contributed by atoms with Gasteiger partial charge < -0.3 is 10.7 Å². The Kier molecular flexibility index (Phi) is 1.71. The van der Waals surface area contributed by atoms with E-state index in [2.05, 4.69) is 32.6 Å². The van der Waals surface area contributed by atoms with Gasteiger partial charge in [-0.3, -0.25) is 0 Å². The molecule has 0 bridgehead atoms. The summed E-state index contributed by atoms with van der Waals surface area (Å²) in [6, 6.07) is 1.95. The molecule has 3 N–H and O–H groups in total. The van der Waals surface area contributed by atoms with Gasteiger partial charge in [0.15, 0.2) is 0 Å². The molecule has 0 aliphatic carbocycles. The highest BCUT2D eigenvalue weighted by atomic mass is 127. The molecule has 4 heteroatoms. The van der Waals surface area contributed by atoms with Gasteiger partial charge in [0.25, 0.3) is 0 Å². The van der Waals surface area contributed by atoms with Gasteiger partial charge in [-0.05, 0) is 35.6 Å². The normalized spacial score (nSPS) is 10.8. The van der Waals surface area contributed by atoms with Crippen LogP contribution < -0.4 is 5.73 Å². The van der Waals surface area contributed by atoms with Crippen molar-refractivity contribution in [3.63, 3.8) is 0 Å². The molecule has 0 unspecified atom stereocenters. The third-order valence-corrected chi connectivity index (χ3v) is 2.74. The van der Waals surface area contributed by atoms with E-state index in [0.717, 1.165) is 26.0 Å². The fourth-order valence-corrected chi connectivity index (χ4v) is 1.69. The van der Waals surface area contributed by atoms with Crippen LogP contribution in [0.4, 0.5) is 5.69 Å². The summed E-state index contributed by atoms with van der Waals surface area (Å²) < 4.78 is 1.15. The van der Waals surface area contributed by atoms with Gasteiger partial charge in [-0.15, -0.1) is 0 Å². The van der Waals surface area contributed by atoms with Gasteiger partial charge in [0.2, 0.25) is 0 Å². The van der Waals surface area contributed by atoms with Crippen molar-refractivity contribution in [2.24, 2.45) is 0 Å². The molecular weight excluding hydrogens is 265 g/mol. The second-order valence-corrected chi connectivity index (χ2v) is 3.86. The van der Waals surface area contributed by atoms with E-state index in [0.29, 0.717) is 0 Å². The number of nitrogen functional groups attached to an aromatic ring is 1. The maximum atomic E-state index is 5.73. The minimum absolute atomic E-state index is 0.750. The maximum Gasteiger partial charge on any atom is 0.138 e. The number of halogens is 1. The fraction of sp³-hybridized carbons (Fsp3) is 0.125. The van der Waals surface area contributed by atoms with Crippen LogP contribution in [0.3, 0.4) is 0 Å². The van der Waals surface area contributed by atoms with Crippen molar-refractivity contribution in [1.82, 2.24) is 9.97 Å². The Morgan fingerprint density at radius 3 is 3.08 bits per heavy atom. The number of aromatic amines is 1. The number of hydrogen-bond acceptors (Lipinski definition) is 2. The lowest BCUT2D eigenvalue weighted by molar-refractivity contribution is 1.23. The maximum absolute atomic E-state index is 5.73. The van der Waals surface area contributed by atoms with E-state index in [1.807, 2.05) is 19.2 Å². The lowest BCUT2D eigenvalue weighted by Gasteiger charge is -1.98. The average Bonchev–Trinajstić information content (AvgIpc) is 2.35. The topological polar surface area (TPSA) is 54.7 Å². The molecule has 0 saturated heterocycles. The van der Waals surface area contributed by atoms with Crippen LogP contribution >= 0.6 is 22.6 Å². The Hall–Kier alpha value is -0.780. The lowest BCUT2D eigenvalue weighted by atomic mass is 10.2. The zero-order valence-electron chi connectivity index (χ0n) is 6.56. The van der Waals surface area contributed by atoms with Crippen LogP contribution in [0.15, 0.2) is 12.3 Å². The molecule has 0 spiro atoms. The van der Waals surface area contributed by atoms with Gasteiger partial charge in [-0.25, -0.2) is 4.98 Å². The summed E-state index contributed by atoms with van der Waals surface area (Å²) in [7, 11) is 0. The lowest BCUT2D eigenvalue weighted by Crippen LogP contribution is -1.92. The van der Waals surface area contributed by atoms with Crippen molar-refractivity contribution in [1.29, 1.82) is 0 Å². The molecule has 62 valence electrons. The molecule has 0 fully saturated rings. The number of nitrogens with one attached hydrogen (secondary N) is 1. The second-order valence-electron chi connectivity index (χ2n) is 2.70. The third kappa shape index (κ3) is 1.06. The Morgan fingerprint density at radius 1 is 1.58 bits per heavy atom.